The number of terminal acetylenes is 1. The van der Waals surface area contributed by atoms with Gasteiger partial charge in [0.1, 0.15) is 5.52 Å². The molecule has 3 heterocycles. The normalized spacial score (nSPS) is 10.8. The van der Waals surface area contributed by atoms with E-state index in [-0.39, 0.29) is 0 Å². The minimum atomic E-state index is 0.496. The molecule has 5 aromatic rings. The summed E-state index contributed by atoms with van der Waals surface area (Å²) in [6, 6.07) is 20.5. The average Bonchev–Trinajstić information content (AvgIpc) is 3.22. The Bertz CT molecular complexity index is 1550. The van der Waals surface area contributed by atoms with Crippen LogP contribution in [0, 0.1) is 30.6 Å². The van der Waals surface area contributed by atoms with Gasteiger partial charge in [0, 0.05) is 34.9 Å². The highest BCUT2D eigenvalue weighted by Crippen LogP contribution is 2.32. The van der Waals surface area contributed by atoms with E-state index in [2.05, 4.69) is 45.1 Å². The standard InChI is InChI=1S/C27H19N5/c1-3-26-31-25-17-30-24-13-10-20(22-7-5-15-29-18(22)2)16-23(24)27(25)32(26)21-11-8-19(9-12-21)6-4-14-28/h1,5,7-13,15-17H,4,6H2,2H3. The molecule has 0 fully saturated rings. The van der Waals surface area contributed by atoms with E-state index in [1.807, 2.05) is 47.9 Å². The molecule has 0 amide bonds. The highest BCUT2D eigenvalue weighted by molar-refractivity contribution is 6.05. The van der Waals surface area contributed by atoms with Gasteiger partial charge in [-0.15, -0.1) is 6.42 Å². The van der Waals surface area contributed by atoms with Crippen LogP contribution in [0.1, 0.15) is 23.5 Å². The molecular formula is C27H19N5. The first-order valence-corrected chi connectivity index (χ1v) is 10.4. The number of hydrogen-bond donors (Lipinski definition) is 0. The Morgan fingerprint density at radius 1 is 1.03 bits per heavy atom. The molecule has 5 rings (SSSR count). The summed E-state index contributed by atoms with van der Waals surface area (Å²) < 4.78 is 2.01. The van der Waals surface area contributed by atoms with Crippen LogP contribution in [0.25, 0.3) is 38.8 Å². The topological polar surface area (TPSA) is 67.4 Å². The summed E-state index contributed by atoms with van der Waals surface area (Å²) in [4.78, 5) is 13.7. The maximum Gasteiger partial charge on any atom is 0.190 e. The molecule has 0 bridgehead atoms. The molecule has 5 nitrogen and oxygen atoms in total. The Morgan fingerprint density at radius 2 is 1.88 bits per heavy atom. The van der Waals surface area contributed by atoms with E-state index in [0.717, 1.165) is 56.4 Å². The summed E-state index contributed by atoms with van der Waals surface area (Å²) >= 11 is 0. The molecule has 3 aromatic heterocycles. The van der Waals surface area contributed by atoms with Crippen LogP contribution in [-0.2, 0) is 6.42 Å². The van der Waals surface area contributed by atoms with Gasteiger partial charge in [-0.1, -0.05) is 24.3 Å². The molecule has 0 saturated heterocycles. The maximum atomic E-state index is 8.85. The van der Waals surface area contributed by atoms with E-state index in [9.17, 15) is 0 Å². The molecule has 0 radical (unpaired) electrons. The summed E-state index contributed by atoms with van der Waals surface area (Å²) in [6.07, 6.45) is 10.6. The lowest BCUT2D eigenvalue weighted by molar-refractivity contribution is 1.00. The van der Waals surface area contributed by atoms with E-state index in [0.29, 0.717) is 12.2 Å². The first-order valence-electron chi connectivity index (χ1n) is 10.4. The minimum absolute atomic E-state index is 0.496. The minimum Gasteiger partial charge on any atom is -0.285 e. The highest BCUT2D eigenvalue weighted by atomic mass is 15.1. The fraction of sp³-hybridized carbons (Fsp3) is 0.111. The summed E-state index contributed by atoms with van der Waals surface area (Å²) in [5, 5.41) is 9.82. The van der Waals surface area contributed by atoms with Crippen molar-refractivity contribution in [3.05, 3.63) is 84.1 Å². The Morgan fingerprint density at radius 3 is 2.62 bits per heavy atom. The van der Waals surface area contributed by atoms with Crippen LogP contribution in [0.5, 0.6) is 0 Å². The van der Waals surface area contributed by atoms with Crippen LogP contribution in [0.15, 0.2) is 67.0 Å². The zero-order valence-corrected chi connectivity index (χ0v) is 17.6. The predicted molar refractivity (Wildman–Crippen MR) is 126 cm³/mol. The zero-order valence-electron chi connectivity index (χ0n) is 17.6. The number of rotatable bonds is 4. The molecule has 0 aliphatic heterocycles. The van der Waals surface area contributed by atoms with Gasteiger partial charge in [-0.25, -0.2) is 4.98 Å². The van der Waals surface area contributed by atoms with Crippen LogP contribution < -0.4 is 0 Å². The monoisotopic (exact) mass is 413 g/mol. The van der Waals surface area contributed by atoms with E-state index in [1.54, 1.807) is 12.4 Å². The summed E-state index contributed by atoms with van der Waals surface area (Å²) in [6.45, 7) is 2.01. The van der Waals surface area contributed by atoms with Crippen LogP contribution >= 0.6 is 0 Å². The number of hydrogen-bond acceptors (Lipinski definition) is 4. The van der Waals surface area contributed by atoms with Crippen molar-refractivity contribution in [2.24, 2.45) is 0 Å². The number of nitriles is 1. The second kappa shape index (κ2) is 7.98. The van der Waals surface area contributed by atoms with Crippen molar-refractivity contribution in [2.45, 2.75) is 19.8 Å². The van der Waals surface area contributed by atoms with Crippen molar-refractivity contribution in [3.63, 3.8) is 0 Å². The molecule has 0 spiro atoms. The van der Waals surface area contributed by atoms with Crippen LogP contribution in [0.3, 0.4) is 0 Å². The van der Waals surface area contributed by atoms with Crippen molar-refractivity contribution < 1.29 is 0 Å². The smallest absolute Gasteiger partial charge is 0.190 e. The number of benzene rings is 2. The lowest BCUT2D eigenvalue weighted by Crippen LogP contribution is -1.99. The Kier molecular flexibility index (Phi) is 4.86. The van der Waals surface area contributed by atoms with Gasteiger partial charge >= 0.3 is 0 Å². The van der Waals surface area contributed by atoms with Gasteiger partial charge in [0.15, 0.2) is 5.82 Å². The lowest BCUT2D eigenvalue weighted by Gasteiger charge is -2.11. The van der Waals surface area contributed by atoms with Gasteiger partial charge in [0.25, 0.3) is 0 Å². The number of imidazole rings is 1. The third-order valence-corrected chi connectivity index (χ3v) is 5.65. The molecule has 152 valence electrons. The van der Waals surface area contributed by atoms with Crippen LogP contribution in [0.2, 0.25) is 0 Å². The Balaban J connectivity index is 1.75. The first kappa shape index (κ1) is 19.5. The number of aryl methyl sites for hydroxylation is 2. The molecule has 0 unspecified atom stereocenters. The zero-order chi connectivity index (χ0) is 22.1. The maximum absolute atomic E-state index is 8.85. The van der Waals surface area contributed by atoms with Gasteiger partial charge < -0.3 is 0 Å². The van der Waals surface area contributed by atoms with E-state index in [4.69, 9.17) is 11.7 Å². The van der Waals surface area contributed by atoms with Gasteiger partial charge in [-0.3, -0.25) is 14.5 Å². The largest absolute Gasteiger partial charge is 0.285 e. The van der Waals surface area contributed by atoms with Gasteiger partial charge in [-0.2, -0.15) is 5.26 Å². The average molecular weight is 413 g/mol. The quantitative estimate of drug-likeness (QED) is 0.371. The van der Waals surface area contributed by atoms with Crippen LogP contribution in [0.4, 0.5) is 0 Å². The SMILES string of the molecule is C#Cc1nc2cnc3ccc(-c4cccnc4C)cc3c2n1-c1ccc(CCC#N)cc1. The van der Waals surface area contributed by atoms with E-state index >= 15 is 0 Å². The summed E-state index contributed by atoms with van der Waals surface area (Å²) in [5.41, 5.74) is 7.71. The van der Waals surface area contributed by atoms with Crippen molar-refractivity contribution >= 4 is 21.9 Å². The first-order chi connectivity index (χ1) is 15.7. The third-order valence-electron chi connectivity index (χ3n) is 5.65. The van der Waals surface area contributed by atoms with Gasteiger partial charge in [-0.05, 0) is 60.7 Å². The molecular weight excluding hydrogens is 394 g/mol. The van der Waals surface area contributed by atoms with Gasteiger partial charge in [0.05, 0.1) is 23.3 Å². The van der Waals surface area contributed by atoms with Crippen LogP contribution in [-0.4, -0.2) is 19.5 Å². The molecule has 0 N–H and O–H groups in total. The summed E-state index contributed by atoms with van der Waals surface area (Å²) in [7, 11) is 0. The molecule has 0 saturated carbocycles. The number of nitrogens with zero attached hydrogens (tertiary/aromatic N) is 5. The second-order valence-electron chi connectivity index (χ2n) is 7.60. The molecule has 0 aliphatic carbocycles. The molecule has 5 heteroatoms. The molecule has 2 aromatic carbocycles. The Hall–Kier alpha value is -4.48. The summed E-state index contributed by atoms with van der Waals surface area (Å²) in [5.74, 6) is 3.25. The van der Waals surface area contributed by atoms with Crippen molar-refractivity contribution in [2.75, 3.05) is 0 Å². The number of aromatic nitrogens is 4. The Labute approximate surface area is 186 Å². The molecule has 32 heavy (non-hydrogen) atoms. The van der Waals surface area contributed by atoms with Crippen molar-refractivity contribution in [3.8, 4) is 35.2 Å². The van der Waals surface area contributed by atoms with Crippen molar-refractivity contribution in [1.29, 1.82) is 5.26 Å². The lowest BCUT2D eigenvalue weighted by atomic mass is 10.0. The van der Waals surface area contributed by atoms with E-state index in [1.165, 1.54) is 0 Å². The van der Waals surface area contributed by atoms with Gasteiger partial charge in [0.2, 0.25) is 0 Å². The molecule has 0 atom stereocenters. The third kappa shape index (κ3) is 3.27. The van der Waals surface area contributed by atoms with E-state index < -0.39 is 0 Å². The fourth-order valence-electron chi connectivity index (χ4n) is 4.07. The fourth-order valence-corrected chi connectivity index (χ4v) is 4.07. The second-order valence-corrected chi connectivity index (χ2v) is 7.60. The molecule has 0 aliphatic rings. The van der Waals surface area contributed by atoms with Crippen molar-refractivity contribution in [1.82, 2.24) is 19.5 Å². The number of fused-ring (bicyclic) bond motifs is 3. The highest BCUT2D eigenvalue weighted by Gasteiger charge is 2.16. The predicted octanol–water partition coefficient (Wildman–Crippen LogP) is 5.38. The number of pyridine rings is 2.